The van der Waals surface area contributed by atoms with Gasteiger partial charge in [-0.1, -0.05) is 30.0 Å². The van der Waals surface area contributed by atoms with Crippen LogP contribution >= 0.6 is 11.8 Å². The molecule has 0 spiro atoms. The van der Waals surface area contributed by atoms with Crippen molar-refractivity contribution in [3.63, 3.8) is 0 Å². The molecule has 0 aliphatic carbocycles. The number of aromatic nitrogens is 2. The number of carbonyl (C=O) groups excluding carboxylic acids is 1. The molecule has 1 amide bonds. The number of thioether (sulfide) groups is 1. The highest BCUT2D eigenvalue weighted by Gasteiger charge is 2.13. The summed E-state index contributed by atoms with van der Waals surface area (Å²) in [5.41, 5.74) is 1.01. The molecule has 7 nitrogen and oxygen atoms in total. The number of carbonyl (C=O) groups is 1. The number of benzene rings is 1. The Balaban J connectivity index is 1.47. The van der Waals surface area contributed by atoms with Gasteiger partial charge in [0.2, 0.25) is 5.91 Å². The van der Waals surface area contributed by atoms with Crippen LogP contribution in [0.1, 0.15) is 5.56 Å². The lowest BCUT2D eigenvalue weighted by atomic mass is 10.2. The molecular formula is C19H24N4O3S. The molecule has 0 radical (unpaired) electrons. The van der Waals surface area contributed by atoms with Crippen molar-refractivity contribution in [1.82, 2.24) is 20.2 Å². The Bertz CT molecular complexity index is 753. The van der Waals surface area contributed by atoms with Crippen LogP contribution in [0.3, 0.4) is 0 Å². The minimum atomic E-state index is -0.0271. The summed E-state index contributed by atoms with van der Waals surface area (Å²) in [6.45, 7) is 6.81. The van der Waals surface area contributed by atoms with Gasteiger partial charge in [0, 0.05) is 38.6 Å². The first kappa shape index (κ1) is 19.6. The van der Waals surface area contributed by atoms with Gasteiger partial charge in [0.1, 0.15) is 5.75 Å². The average molecular weight is 388 g/mol. The zero-order valence-corrected chi connectivity index (χ0v) is 16.2. The summed E-state index contributed by atoms with van der Waals surface area (Å²) in [6, 6.07) is 7.72. The summed E-state index contributed by atoms with van der Waals surface area (Å²) >= 11 is 1.32. The molecule has 27 heavy (non-hydrogen) atoms. The van der Waals surface area contributed by atoms with Gasteiger partial charge >= 0.3 is 0 Å². The van der Waals surface area contributed by atoms with Gasteiger partial charge in [-0.2, -0.15) is 0 Å². The third-order valence-electron chi connectivity index (χ3n) is 4.13. The summed E-state index contributed by atoms with van der Waals surface area (Å²) in [4.78, 5) is 23.0. The molecule has 1 aromatic carbocycles. The van der Waals surface area contributed by atoms with Gasteiger partial charge in [-0.25, -0.2) is 9.97 Å². The number of rotatable bonds is 8. The molecule has 0 bridgehead atoms. The monoisotopic (exact) mass is 388 g/mol. The zero-order valence-electron chi connectivity index (χ0n) is 15.4. The smallest absolute Gasteiger partial charge is 0.252 e. The van der Waals surface area contributed by atoms with E-state index in [9.17, 15) is 4.79 Å². The molecule has 0 atom stereocenters. The van der Waals surface area contributed by atoms with E-state index in [2.05, 4.69) is 20.2 Å². The number of nitrogens with zero attached hydrogens (tertiary/aromatic N) is 3. The van der Waals surface area contributed by atoms with Crippen molar-refractivity contribution < 1.29 is 14.3 Å². The lowest BCUT2D eigenvalue weighted by Gasteiger charge is -2.26. The maximum Gasteiger partial charge on any atom is 0.252 e. The number of hydrogen-bond acceptors (Lipinski definition) is 7. The van der Waals surface area contributed by atoms with Crippen LogP contribution in [0.15, 0.2) is 41.7 Å². The highest BCUT2D eigenvalue weighted by atomic mass is 32.2. The molecule has 2 heterocycles. The number of amides is 1. The molecule has 1 fully saturated rings. The van der Waals surface area contributed by atoms with Crippen molar-refractivity contribution in [2.24, 2.45) is 0 Å². The Hall–Kier alpha value is -2.16. The lowest BCUT2D eigenvalue weighted by molar-refractivity contribution is -0.118. The van der Waals surface area contributed by atoms with Crippen molar-refractivity contribution >= 4 is 17.7 Å². The fraction of sp³-hybridized carbons (Fsp3) is 0.421. The topological polar surface area (TPSA) is 76.6 Å². The van der Waals surface area contributed by atoms with Crippen LogP contribution in [-0.4, -0.2) is 65.9 Å². The molecule has 1 saturated heterocycles. The SMILES string of the molecule is Cc1ccccc1Oc1nccnc1SCC(=O)NCCN1CCOCC1. The van der Waals surface area contributed by atoms with E-state index in [0.717, 1.165) is 44.2 Å². The van der Waals surface area contributed by atoms with Crippen LogP contribution in [0.25, 0.3) is 0 Å². The summed E-state index contributed by atoms with van der Waals surface area (Å²) in [5.74, 6) is 1.39. The normalized spacial score (nSPS) is 14.7. The van der Waals surface area contributed by atoms with E-state index < -0.39 is 0 Å². The number of para-hydroxylation sites is 1. The van der Waals surface area contributed by atoms with Gasteiger partial charge in [-0.05, 0) is 18.6 Å². The second-order valence-corrected chi connectivity index (χ2v) is 7.09. The third-order valence-corrected chi connectivity index (χ3v) is 5.09. The van der Waals surface area contributed by atoms with Gasteiger partial charge < -0.3 is 14.8 Å². The van der Waals surface area contributed by atoms with Crippen LogP contribution in [0.4, 0.5) is 0 Å². The van der Waals surface area contributed by atoms with Crippen LogP contribution in [0.5, 0.6) is 11.6 Å². The van der Waals surface area contributed by atoms with Gasteiger partial charge in [0.15, 0.2) is 5.03 Å². The summed E-state index contributed by atoms with van der Waals surface area (Å²) in [6.07, 6.45) is 3.18. The number of morpholine rings is 1. The van der Waals surface area contributed by atoms with E-state index in [1.807, 2.05) is 31.2 Å². The minimum absolute atomic E-state index is 0.0271. The van der Waals surface area contributed by atoms with E-state index in [1.165, 1.54) is 11.8 Å². The number of nitrogens with one attached hydrogen (secondary N) is 1. The maximum absolute atomic E-state index is 12.1. The Kier molecular flexibility index (Phi) is 7.44. The first-order chi connectivity index (χ1) is 13.2. The molecule has 1 aliphatic heterocycles. The van der Waals surface area contributed by atoms with E-state index >= 15 is 0 Å². The molecule has 144 valence electrons. The summed E-state index contributed by atoms with van der Waals surface area (Å²) < 4.78 is 11.2. The van der Waals surface area contributed by atoms with Crippen molar-refractivity contribution in [2.45, 2.75) is 11.9 Å². The standard InChI is InChI=1S/C19H24N4O3S/c1-15-4-2-3-5-16(15)26-18-19(22-7-6-21-18)27-14-17(24)20-8-9-23-10-12-25-13-11-23/h2-7H,8-14H2,1H3,(H,20,24). The number of hydrogen-bond donors (Lipinski definition) is 1. The van der Waals surface area contributed by atoms with Crippen molar-refractivity contribution in [1.29, 1.82) is 0 Å². The van der Waals surface area contributed by atoms with Crippen LogP contribution in [0, 0.1) is 6.92 Å². The summed E-state index contributed by atoms with van der Waals surface area (Å²) in [7, 11) is 0. The van der Waals surface area contributed by atoms with Crippen molar-refractivity contribution in [3.8, 4) is 11.6 Å². The zero-order chi connectivity index (χ0) is 18.9. The van der Waals surface area contributed by atoms with Gasteiger partial charge in [0.05, 0.1) is 19.0 Å². The lowest BCUT2D eigenvalue weighted by Crippen LogP contribution is -2.41. The molecule has 0 saturated carbocycles. The molecule has 1 aromatic heterocycles. The van der Waals surface area contributed by atoms with Crippen LogP contribution < -0.4 is 10.1 Å². The first-order valence-corrected chi connectivity index (χ1v) is 9.95. The van der Waals surface area contributed by atoms with Crippen molar-refractivity contribution in [3.05, 3.63) is 42.2 Å². The largest absolute Gasteiger partial charge is 0.436 e. The fourth-order valence-electron chi connectivity index (χ4n) is 2.62. The maximum atomic E-state index is 12.1. The van der Waals surface area contributed by atoms with E-state index in [4.69, 9.17) is 9.47 Å². The Morgan fingerprint density at radius 1 is 1.26 bits per heavy atom. The third kappa shape index (κ3) is 6.20. The first-order valence-electron chi connectivity index (χ1n) is 8.96. The predicted molar refractivity (Wildman–Crippen MR) is 104 cm³/mol. The minimum Gasteiger partial charge on any atom is -0.436 e. The second kappa shape index (κ2) is 10.2. The molecular weight excluding hydrogens is 364 g/mol. The number of ether oxygens (including phenoxy) is 2. The van der Waals surface area contributed by atoms with E-state index in [1.54, 1.807) is 12.4 Å². The fourth-order valence-corrected chi connectivity index (χ4v) is 3.34. The summed E-state index contributed by atoms with van der Waals surface area (Å²) in [5, 5.41) is 3.55. The van der Waals surface area contributed by atoms with Gasteiger partial charge in [0.25, 0.3) is 5.88 Å². The predicted octanol–water partition coefficient (Wildman–Crippen LogP) is 2.12. The Labute approximate surface area is 163 Å². The highest BCUT2D eigenvalue weighted by molar-refractivity contribution is 8.00. The highest BCUT2D eigenvalue weighted by Crippen LogP contribution is 2.30. The molecule has 2 aromatic rings. The average Bonchev–Trinajstić information content (AvgIpc) is 2.70. The van der Waals surface area contributed by atoms with Crippen LogP contribution in [-0.2, 0) is 9.53 Å². The molecule has 1 aliphatic rings. The van der Waals surface area contributed by atoms with Gasteiger partial charge in [-0.15, -0.1) is 0 Å². The molecule has 8 heteroatoms. The Morgan fingerprint density at radius 2 is 2.04 bits per heavy atom. The Morgan fingerprint density at radius 3 is 2.85 bits per heavy atom. The quantitative estimate of drug-likeness (QED) is 0.694. The molecule has 1 N–H and O–H groups in total. The van der Waals surface area contributed by atoms with Gasteiger partial charge in [-0.3, -0.25) is 9.69 Å². The molecule has 0 unspecified atom stereocenters. The van der Waals surface area contributed by atoms with E-state index in [-0.39, 0.29) is 11.7 Å². The second-order valence-electron chi connectivity index (χ2n) is 6.13. The number of aryl methyl sites for hydroxylation is 1. The van der Waals surface area contributed by atoms with Crippen molar-refractivity contribution in [2.75, 3.05) is 45.1 Å². The molecule has 3 rings (SSSR count). The van der Waals surface area contributed by atoms with Crippen LogP contribution in [0.2, 0.25) is 0 Å². The van der Waals surface area contributed by atoms with E-state index in [0.29, 0.717) is 17.5 Å².